The number of aliphatic hydroxyl groups is 1. The number of ether oxygens (including phenoxy) is 1. The summed E-state index contributed by atoms with van der Waals surface area (Å²) in [5, 5.41) is 24.1. The highest BCUT2D eigenvalue weighted by Crippen LogP contribution is 2.64. The van der Waals surface area contributed by atoms with Gasteiger partial charge in [-0.3, -0.25) is 4.79 Å². The Balaban J connectivity index is 1.65. The van der Waals surface area contributed by atoms with E-state index >= 15 is 0 Å². The maximum absolute atomic E-state index is 11.3. The largest absolute Gasteiger partial charge is 0.462 e. The van der Waals surface area contributed by atoms with Crippen molar-refractivity contribution >= 4 is 11.7 Å². The van der Waals surface area contributed by atoms with Crippen LogP contribution in [0.25, 0.3) is 0 Å². The molecule has 0 amide bonds. The molecule has 5 nitrogen and oxygen atoms in total. The molecule has 4 aliphatic rings. The number of aliphatic hydroxyl groups excluding tert-OH is 1. The summed E-state index contributed by atoms with van der Waals surface area (Å²) in [7, 11) is 0. The second-order valence-electron chi connectivity index (χ2n) is 9.41. The SMILES string of the molecule is CC(=O)O[C@H]1CC[C@@]2(C)C(=C[C@H](O)C3C2CC[C@]2(C)/C(=N/O)CCC32)C1. The first-order chi connectivity index (χ1) is 12.3. The number of hydrogen-bond donors (Lipinski definition) is 2. The van der Waals surface area contributed by atoms with Crippen molar-refractivity contribution in [2.45, 2.75) is 77.9 Å². The zero-order valence-electron chi connectivity index (χ0n) is 16.1. The van der Waals surface area contributed by atoms with Gasteiger partial charge in [-0.15, -0.1) is 0 Å². The summed E-state index contributed by atoms with van der Waals surface area (Å²) in [6.07, 6.45) is 8.15. The van der Waals surface area contributed by atoms with E-state index in [4.69, 9.17) is 4.74 Å². The van der Waals surface area contributed by atoms with Gasteiger partial charge in [0.1, 0.15) is 6.10 Å². The van der Waals surface area contributed by atoms with Crippen LogP contribution < -0.4 is 0 Å². The average Bonchev–Trinajstić information content (AvgIpc) is 2.92. The summed E-state index contributed by atoms with van der Waals surface area (Å²) in [6.45, 7) is 6.04. The summed E-state index contributed by atoms with van der Waals surface area (Å²) >= 11 is 0. The van der Waals surface area contributed by atoms with E-state index in [0.717, 1.165) is 50.7 Å². The molecule has 144 valence electrons. The third-order valence-corrected chi connectivity index (χ3v) is 8.28. The Morgan fingerprint density at radius 2 is 1.88 bits per heavy atom. The summed E-state index contributed by atoms with van der Waals surface area (Å²) in [6, 6.07) is 0. The van der Waals surface area contributed by atoms with Crippen LogP contribution in [0.5, 0.6) is 0 Å². The highest BCUT2D eigenvalue weighted by Gasteiger charge is 2.60. The monoisotopic (exact) mass is 361 g/mol. The van der Waals surface area contributed by atoms with Crippen LogP contribution in [-0.4, -0.2) is 34.2 Å². The van der Waals surface area contributed by atoms with E-state index in [1.54, 1.807) is 0 Å². The minimum atomic E-state index is -0.457. The van der Waals surface area contributed by atoms with Crippen LogP contribution in [0, 0.1) is 28.6 Å². The highest BCUT2D eigenvalue weighted by atomic mass is 16.5. The highest BCUT2D eigenvalue weighted by molar-refractivity contribution is 5.92. The Morgan fingerprint density at radius 1 is 1.19 bits per heavy atom. The van der Waals surface area contributed by atoms with E-state index in [9.17, 15) is 15.1 Å². The van der Waals surface area contributed by atoms with E-state index < -0.39 is 6.10 Å². The summed E-state index contributed by atoms with van der Waals surface area (Å²) in [4.78, 5) is 11.3. The predicted molar refractivity (Wildman–Crippen MR) is 97.9 cm³/mol. The van der Waals surface area contributed by atoms with Gasteiger partial charge in [0.15, 0.2) is 0 Å². The molecule has 2 N–H and O–H groups in total. The van der Waals surface area contributed by atoms with E-state index in [1.165, 1.54) is 12.5 Å². The quantitative estimate of drug-likeness (QED) is 0.323. The molecule has 0 aliphatic heterocycles. The Kier molecular flexibility index (Phi) is 4.22. The fourth-order valence-electron chi connectivity index (χ4n) is 6.91. The topological polar surface area (TPSA) is 79.1 Å². The van der Waals surface area contributed by atoms with Crippen molar-refractivity contribution in [3.05, 3.63) is 11.6 Å². The number of esters is 1. The van der Waals surface area contributed by atoms with Gasteiger partial charge in [-0.2, -0.15) is 0 Å². The molecule has 0 spiro atoms. The molecule has 0 radical (unpaired) electrons. The maximum Gasteiger partial charge on any atom is 0.302 e. The van der Waals surface area contributed by atoms with Gasteiger partial charge < -0.3 is 15.1 Å². The van der Waals surface area contributed by atoms with Gasteiger partial charge in [0, 0.05) is 18.8 Å². The molecule has 7 atom stereocenters. The molecular weight excluding hydrogens is 330 g/mol. The molecule has 0 bridgehead atoms. The summed E-state index contributed by atoms with van der Waals surface area (Å²) in [5.74, 6) is 0.838. The molecule has 0 aromatic carbocycles. The van der Waals surface area contributed by atoms with Gasteiger partial charge in [-0.05, 0) is 61.7 Å². The van der Waals surface area contributed by atoms with Gasteiger partial charge in [0.05, 0.1) is 11.8 Å². The molecule has 26 heavy (non-hydrogen) atoms. The molecule has 0 heterocycles. The van der Waals surface area contributed by atoms with Crippen molar-refractivity contribution in [3.63, 3.8) is 0 Å². The average molecular weight is 361 g/mol. The van der Waals surface area contributed by atoms with Gasteiger partial charge in [0.25, 0.3) is 0 Å². The van der Waals surface area contributed by atoms with Crippen molar-refractivity contribution < 1.29 is 19.8 Å². The molecule has 3 unspecified atom stereocenters. The maximum atomic E-state index is 11.3. The molecule has 0 saturated heterocycles. The lowest BCUT2D eigenvalue weighted by atomic mass is 9.47. The molecule has 4 aliphatic carbocycles. The Labute approximate surface area is 155 Å². The summed E-state index contributed by atoms with van der Waals surface area (Å²) in [5.41, 5.74) is 2.21. The first-order valence-corrected chi connectivity index (χ1v) is 10.1. The minimum Gasteiger partial charge on any atom is -0.462 e. The van der Waals surface area contributed by atoms with Crippen LogP contribution in [0.1, 0.15) is 65.7 Å². The molecule has 3 saturated carbocycles. The number of oxime groups is 1. The third-order valence-electron chi connectivity index (χ3n) is 8.28. The first kappa shape index (κ1) is 18.0. The van der Waals surface area contributed by atoms with Crippen LogP contribution in [0.2, 0.25) is 0 Å². The van der Waals surface area contributed by atoms with Crippen molar-refractivity contribution in [3.8, 4) is 0 Å². The lowest BCUT2D eigenvalue weighted by Gasteiger charge is -2.58. The fraction of sp³-hybridized carbons (Fsp3) is 0.810. The lowest BCUT2D eigenvalue weighted by Crippen LogP contribution is -2.54. The second kappa shape index (κ2) is 6.08. The van der Waals surface area contributed by atoms with Gasteiger partial charge in [-0.25, -0.2) is 0 Å². The fourth-order valence-corrected chi connectivity index (χ4v) is 6.91. The number of carbonyl (C=O) groups excluding carboxylic acids is 1. The van der Waals surface area contributed by atoms with Crippen molar-refractivity contribution in [1.82, 2.24) is 0 Å². The lowest BCUT2D eigenvalue weighted by molar-refractivity contribution is -0.149. The zero-order valence-corrected chi connectivity index (χ0v) is 16.1. The van der Waals surface area contributed by atoms with E-state index in [1.807, 2.05) is 0 Å². The smallest absolute Gasteiger partial charge is 0.302 e. The van der Waals surface area contributed by atoms with E-state index in [-0.39, 0.29) is 28.8 Å². The Bertz CT molecular complexity index is 671. The first-order valence-electron chi connectivity index (χ1n) is 10.1. The van der Waals surface area contributed by atoms with Gasteiger partial charge in [0.2, 0.25) is 0 Å². The van der Waals surface area contributed by atoms with Crippen molar-refractivity contribution in [1.29, 1.82) is 0 Å². The minimum absolute atomic E-state index is 0.0518. The molecule has 0 aromatic heterocycles. The van der Waals surface area contributed by atoms with Crippen LogP contribution in [0.15, 0.2) is 16.8 Å². The Morgan fingerprint density at radius 3 is 2.58 bits per heavy atom. The number of fused-ring (bicyclic) bond motifs is 5. The number of rotatable bonds is 1. The van der Waals surface area contributed by atoms with Crippen LogP contribution in [0.4, 0.5) is 0 Å². The molecule has 4 rings (SSSR count). The number of carbonyl (C=O) groups is 1. The van der Waals surface area contributed by atoms with Crippen molar-refractivity contribution in [2.75, 3.05) is 0 Å². The number of hydrogen-bond acceptors (Lipinski definition) is 5. The normalized spacial score (nSPS) is 49.0. The second-order valence-corrected chi connectivity index (χ2v) is 9.41. The predicted octanol–water partition coefficient (Wildman–Crippen LogP) is 3.68. The third kappa shape index (κ3) is 2.46. The Hall–Kier alpha value is -1.36. The van der Waals surface area contributed by atoms with E-state index in [2.05, 4.69) is 25.1 Å². The zero-order chi connectivity index (χ0) is 18.7. The van der Waals surface area contributed by atoms with Gasteiger partial charge >= 0.3 is 5.97 Å². The van der Waals surface area contributed by atoms with E-state index in [0.29, 0.717) is 11.8 Å². The molecule has 5 heteroatoms. The van der Waals surface area contributed by atoms with Crippen LogP contribution in [0.3, 0.4) is 0 Å². The molecule has 0 aromatic rings. The summed E-state index contributed by atoms with van der Waals surface area (Å²) < 4.78 is 5.47. The van der Waals surface area contributed by atoms with Crippen LogP contribution >= 0.6 is 0 Å². The van der Waals surface area contributed by atoms with Crippen molar-refractivity contribution in [2.24, 2.45) is 33.7 Å². The van der Waals surface area contributed by atoms with Gasteiger partial charge in [-0.1, -0.05) is 30.7 Å². The molecule has 3 fully saturated rings. The van der Waals surface area contributed by atoms with Crippen LogP contribution in [-0.2, 0) is 9.53 Å². The number of nitrogens with zero attached hydrogens (tertiary/aromatic N) is 1. The standard InChI is InChI=1S/C21H31NO4/c1-12(23)26-14-6-8-20(2)13(10-14)11-17(24)19-15-4-5-18(22-25)21(15,3)9-7-16(19)20/h11,14-17,19,24-25H,4-10H2,1-3H3/b22-18+/t14-,15?,16?,17-,19?,20-,21-/m0/s1. The molecular formula is C21H31NO4.